The Balaban J connectivity index is 1.69. The zero-order chi connectivity index (χ0) is 24.6. The minimum atomic E-state index is -2.68. The summed E-state index contributed by atoms with van der Waals surface area (Å²) in [4.78, 5) is 24.5. The highest BCUT2D eigenvalue weighted by Crippen LogP contribution is 2.22. The molecular formula is C24H25NO6. The summed E-state index contributed by atoms with van der Waals surface area (Å²) in [5.74, 6) is -0.529. The molecule has 0 aliphatic carbocycles. The lowest BCUT2D eigenvalue weighted by Gasteiger charge is -2.19. The van der Waals surface area contributed by atoms with Gasteiger partial charge in [0.15, 0.2) is 0 Å². The van der Waals surface area contributed by atoms with E-state index in [1.54, 1.807) is 66.9 Å². The molecule has 162 valence electrons. The fourth-order valence-electron chi connectivity index (χ4n) is 2.87. The Morgan fingerprint density at radius 2 is 1.84 bits per heavy atom. The smallest absolute Gasteiger partial charge is 0.305 e. The Kier molecular flexibility index (Phi) is 6.45. The van der Waals surface area contributed by atoms with Crippen LogP contribution in [0.25, 0.3) is 11.3 Å². The fraction of sp³-hybridized carbons (Fsp3) is 0.250. The molecule has 3 aromatic rings. The molecule has 0 bridgehead atoms. The van der Waals surface area contributed by atoms with Gasteiger partial charge in [-0.1, -0.05) is 30.3 Å². The van der Waals surface area contributed by atoms with Gasteiger partial charge in [0, 0.05) is 34.3 Å². The zero-order valence-electron chi connectivity index (χ0n) is 19.8. The topological polar surface area (TPSA) is 89.2 Å². The number of carboxylic acid groups (broad SMARTS) is 1. The first-order valence-electron chi connectivity index (χ1n) is 11.2. The van der Waals surface area contributed by atoms with E-state index in [4.69, 9.17) is 23.1 Å². The molecule has 0 fully saturated rings. The molecule has 1 N–H and O–H groups in total. The molecule has 1 heterocycles. The molecule has 0 aliphatic rings. The van der Waals surface area contributed by atoms with Gasteiger partial charge in [-0.05, 0) is 30.3 Å². The van der Waals surface area contributed by atoms with Crippen LogP contribution in [-0.2, 0) is 16.1 Å². The zero-order valence-corrected chi connectivity index (χ0v) is 16.8. The SMILES string of the molecule is [2H]C([2H])([2H])N(Cc1ccccc1OCCOCCC(=O)O)C(=O)c1ccc(-c2ccco2)cc1. The third-order valence-corrected chi connectivity index (χ3v) is 4.43. The van der Waals surface area contributed by atoms with Crippen molar-refractivity contribution in [1.29, 1.82) is 0 Å². The van der Waals surface area contributed by atoms with Crippen LogP contribution < -0.4 is 4.74 Å². The second kappa shape index (κ2) is 11.0. The summed E-state index contributed by atoms with van der Waals surface area (Å²) in [7, 11) is 0. The number of aliphatic carboxylic acids is 1. The van der Waals surface area contributed by atoms with E-state index in [2.05, 4.69) is 0 Å². The van der Waals surface area contributed by atoms with Crippen LogP contribution in [0.4, 0.5) is 0 Å². The lowest BCUT2D eigenvalue weighted by molar-refractivity contribution is -0.138. The summed E-state index contributed by atoms with van der Waals surface area (Å²) < 4.78 is 40.0. The molecule has 0 radical (unpaired) electrons. The second-order valence-electron chi connectivity index (χ2n) is 6.66. The maximum atomic E-state index is 13.1. The van der Waals surface area contributed by atoms with Crippen molar-refractivity contribution in [2.45, 2.75) is 13.0 Å². The number of carbonyl (C=O) groups excluding carboxylic acids is 1. The van der Waals surface area contributed by atoms with Crippen molar-refractivity contribution >= 4 is 11.9 Å². The standard InChI is InChI=1S/C24H25NO6/c1-25(24(28)19-10-8-18(9-11-19)21-7-4-13-30-21)17-20-5-2-3-6-22(20)31-16-15-29-14-12-23(26)27/h2-11,13H,12,14-17H2,1H3,(H,26,27)/i1D3. The highest BCUT2D eigenvalue weighted by molar-refractivity contribution is 5.94. The van der Waals surface area contributed by atoms with Gasteiger partial charge >= 0.3 is 5.97 Å². The van der Waals surface area contributed by atoms with Crippen molar-refractivity contribution in [2.75, 3.05) is 26.8 Å². The molecule has 0 spiro atoms. The molecule has 0 unspecified atom stereocenters. The van der Waals surface area contributed by atoms with Crippen LogP contribution in [0, 0.1) is 0 Å². The predicted octanol–water partition coefficient (Wildman–Crippen LogP) is 4.09. The monoisotopic (exact) mass is 426 g/mol. The number of rotatable bonds is 11. The van der Waals surface area contributed by atoms with Gasteiger partial charge in [0.25, 0.3) is 5.91 Å². The van der Waals surface area contributed by atoms with Gasteiger partial charge in [-0.15, -0.1) is 0 Å². The van der Waals surface area contributed by atoms with Crippen molar-refractivity contribution in [3.8, 4) is 17.1 Å². The van der Waals surface area contributed by atoms with Crippen molar-refractivity contribution in [3.63, 3.8) is 0 Å². The predicted molar refractivity (Wildman–Crippen MR) is 115 cm³/mol. The third-order valence-electron chi connectivity index (χ3n) is 4.43. The molecular weight excluding hydrogens is 398 g/mol. The summed E-state index contributed by atoms with van der Waals surface area (Å²) in [6.07, 6.45) is 1.45. The maximum absolute atomic E-state index is 13.1. The molecule has 3 rings (SSSR count). The number of benzene rings is 2. The number of para-hydroxylation sites is 1. The number of hydrogen-bond acceptors (Lipinski definition) is 5. The van der Waals surface area contributed by atoms with Crippen LogP contribution >= 0.6 is 0 Å². The van der Waals surface area contributed by atoms with Crippen LogP contribution in [0.2, 0.25) is 0 Å². The van der Waals surface area contributed by atoms with Crippen LogP contribution in [0.3, 0.4) is 0 Å². The van der Waals surface area contributed by atoms with Crippen molar-refractivity contribution < 1.29 is 32.7 Å². The molecule has 31 heavy (non-hydrogen) atoms. The molecule has 7 heteroatoms. The molecule has 1 amide bonds. The third kappa shape index (κ3) is 6.45. The van der Waals surface area contributed by atoms with Crippen LogP contribution in [0.15, 0.2) is 71.3 Å². The van der Waals surface area contributed by atoms with Gasteiger partial charge in [-0.2, -0.15) is 0 Å². The number of furan rings is 1. The second-order valence-corrected chi connectivity index (χ2v) is 6.66. The minimum absolute atomic E-state index is 0.0698. The van der Waals surface area contributed by atoms with Crippen LogP contribution in [0.5, 0.6) is 5.75 Å². The average molecular weight is 426 g/mol. The maximum Gasteiger partial charge on any atom is 0.305 e. The number of hydrogen-bond donors (Lipinski definition) is 1. The largest absolute Gasteiger partial charge is 0.491 e. The summed E-state index contributed by atoms with van der Waals surface area (Å²) in [6.45, 7) is -2.48. The van der Waals surface area contributed by atoms with Gasteiger partial charge in [-0.3, -0.25) is 9.59 Å². The summed E-state index contributed by atoms with van der Waals surface area (Å²) in [5, 5.41) is 8.62. The Labute approximate surface area is 185 Å². The number of amides is 1. The summed E-state index contributed by atoms with van der Waals surface area (Å²) >= 11 is 0. The lowest BCUT2D eigenvalue weighted by Crippen LogP contribution is -2.26. The number of ether oxygens (including phenoxy) is 2. The molecule has 0 saturated carbocycles. The number of nitrogens with zero attached hydrogens (tertiary/aromatic N) is 1. The molecule has 7 nitrogen and oxygen atoms in total. The van der Waals surface area contributed by atoms with Crippen molar-refractivity contribution in [3.05, 3.63) is 78.1 Å². The van der Waals surface area contributed by atoms with Gasteiger partial charge < -0.3 is 23.9 Å². The van der Waals surface area contributed by atoms with E-state index < -0.39 is 18.9 Å². The number of carboxylic acids is 1. The van der Waals surface area contributed by atoms with Crippen molar-refractivity contribution in [2.24, 2.45) is 0 Å². The normalized spacial score (nSPS) is 12.5. The van der Waals surface area contributed by atoms with Gasteiger partial charge in [0.2, 0.25) is 0 Å². The Hall–Kier alpha value is -3.58. The molecule has 0 atom stereocenters. The fourth-order valence-corrected chi connectivity index (χ4v) is 2.87. The van der Waals surface area contributed by atoms with Gasteiger partial charge in [0.1, 0.15) is 18.1 Å². The summed E-state index contributed by atoms with van der Waals surface area (Å²) in [6, 6.07) is 16.9. The molecule has 0 saturated heterocycles. The first kappa shape index (κ1) is 18.2. The Morgan fingerprint density at radius 3 is 2.55 bits per heavy atom. The van der Waals surface area contributed by atoms with E-state index in [0.29, 0.717) is 17.1 Å². The van der Waals surface area contributed by atoms with E-state index >= 15 is 0 Å². The van der Waals surface area contributed by atoms with Gasteiger partial charge in [0.05, 0.1) is 25.9 Å². The first-order valence-corrected chi connectivity index (χ1v) is 9.72. The highest BCUT2D eigenvalue weighted by Gasteiger charge is 2.15. The highest BCUT2D eigenvalue weighted by atomic mass is 16.5. The molecule has 2 aromatic carbocycles. The average Bonchev–Trinajstić information content (AvgIpc) is 3.34. The minimum Gasteiger partial charge on any atom is -0.491 e. The first-order chi connectivity index (χ1) is 16.3. The van der Waals surface area contributed by atoms with E-state index in [-0.39, 0.29) is 38.3 Å². The quantitative estimate of drug-likeness (QED) is 0.465. The van der Waals surface area contributed by atoms with Crippen LogP contribution in [-0.4, -0.2) is 48.7 Å². The van der Waals surface area contributed by atoms with Gasteiger partial charge in [-0.25, -0.2) is 0 Å². The van der Waals surface area contributed by atoms with Crippen LogP contribution in [0.1, 0.15) is 26.5 Å². The Morgan fingerprint density at radius 1 is 1.03 bits per heavy atom. The lowest BCUT2D eigenvalue weighted by atomic mass is 10.1. The van der Waals surface area contributed by atoms with Crippen molar-refractivity contribution in [1.82, 2.24) is 4.90 Å². The number of carbonyl (C=O) groups is 2. The van der Waals surface area contributed by atoms with E-state index in [9.17, 15) is 9.59 Å². The van der Waals surface area contributed by atoms with E-state index in [0.717, 1.165) is 10.5 Å². The van der Waals surface area contributed by atoms with E-state index in [1.807, 2.05) is 0 Å². The summed E-state index contributed by atoms with van der Waals surface area (Å²) in [5.41, 5.74) is 1.52. The Bertz CT molecular complexity index is 1080. The molecule has 1 aromatic heterocycles. The molecule has 0 aliphatic heterocycles. The van der Waals surface area contributed by atoms with E-state index in [1.165, 1.54) is 0 Å².